The third-order valence-corrected chi connectivity index (χ3v) is 7.40. The third-order valence-electron chi connectivity index (χ3n) is 5.74. The van der Waals surface area contributed by atoms with Gasteiger partial charge in [-0.15, -0.1) is 0 Å². The van der Waals surface area contributed by atoms with Crippen LogP contribution in [-0.2, 0) is 10.0 Å². The summed E-state index contributed by atoms with van der Waals surface area (Å²) >= 11 is 6.25. The normalized spacial score (nSPS) is 14.3. The summed E-state index contributed by atoms with van der Waals surface area (Å²) < 4.78 is 28.6. The third kappa shape index (κ3) is 4.96. The monoisotopic (exact) mass is 484 g/mol. The lowest BCUT2D eigenvalue weighted by Crippen LogP contribution is -2.49. The maximum Gasteiger partial charge on any atom is 0.261 e. The second-order valence-corrected chi connectivity index (χ2v) is 10.1. The van der Waals surface area contributed by atoms with Gasteiger partial charge in [-0.1, -0.05) is 35.9 Å². The molecule has 0 radical (unpaired) electrons. The Kier molecular flexibility index (Phi) is 6.58. The van der Waals surface area contributed by atoms with Crippen molar-refractivity contribution in [2.75, 3.05) is 35.8 Å². The first-order valence-electron chi connectivity index (χ1n) is 10.6. The molecule has 2 aromatic carbocycles. The number of carbonyl (C=O) groups excluding carboxylic acids is 1. The van der Waals surface area contributed by atoms with Crippen LogP contribution in [0.25, 0.3) is 0 Å². The van der Waals surface area contributed by atoms with E-state index in [1.807, 2.05) is 30.9 Å². The second-order valence-electron chi connectivity index (χ2n) is 7.99. The summed E-state index contributed by atoms with van der Waals surface area (Å²) in [5.41, 5.74) is 2.43. The Morgan fingerprint density at radius 3 is 2.39 bits per heavy atom. The van der Waals surface area contributed by atoms with E-state index < -0.39 is 10.0 Å². The topological polar surface area (TPSA) is 82.6 Å². The Labute approximate surface area is 199 Å². The number of para-hydroxylation sites is 1. The molecule has 1 aromatic heterocycles. The number of aromatic nitrogens is 1. The fraction of sp³-hybridized carbons (Fsp3) is 0.250. The number of hydrogen-bond donors (Lipinski definition) is 1. The first-order chi connectivity index (χ1) is 15.8. The predicted molar refractivity (Wildman–Crippen MR) is 131 cm³/mol. The summed E-state index contributed by atoms with van der Waals surface area (Å²) in [7, 11) is -3.84. The average Bonchev–Trinajstić information content (AvgIpc) is 2.81. The minimum atomic E-state index is -3.84. The first kappa shape index (κ1) is 23.1. The van der Waals surface area contributed by atoms with Crippen LogP contribution in [0.15, 0.2) is 65.7 Å². The number of piperazine rings is 1. The Balaban J connectivity index is 1.51. The van der Waals surface area contributed by atoms with E-state index in [0.29, 0.717) is 48.3 Å². The Morgan fingerprint density at radius 2 is 1.70 bits per heavy atom. The van der Waals surface area contributed by atoms with Gasteiger partial charge in [0.05, 0.1) is 15.6 Å². The van der Waals surface area contributed by atoms with Crippen LogP contribution in [0, 0.1) is 13.8 Å². The molecule has 1 fully saturated rings. The van der Waals surface area contributed by atoms with Gasteiger partial charge in [0.2, 0.25) is 0 Å². The van der Waals surface area contributed by atoms with Gasteiger partial charge in [0.15, 0.2) is 0 Å². The number of anilines is 2. The number of hydrogen-bond acceptors (Lipinski definition) is 5. The summed E-state index contributed by atoms with van der Waals surface area (Å²) in [5.74, 6) is 0.519. The number of benzene rings is 2. The van der Waals surface area contributed by atoms with Crippen LogP contribution in [0.2, 0.25) is 5.02 Å². The molecule has 172 valence electrons. The summed E-state index contributed by atoms with van der Waals surface area (Å²) in [5, 5.41) is 0.576. The molecule has 0 unspecified atom stereocenters. The minimum Gasteiger partial charge on any atom is -0.352 e. The number of sulfonamides is 1. The zero-order valence-electron chi connectivity index (χ0n) is 18.5. The van der Waals surface area contributed by atoms with Crippen molar-refractivity contribution >= 4 is 39.0 Å². The summed E-state index contributed by atoms with van der Waals surface area (Å²) in [6.07, 6.45) is 1.69. The van der Waals surface area contributed by atoms with E-state index in [9.17, 15) is 13.2 Å². The lowest BCUT2D eigenvalue weighted by molar-refractivity contribution is 0.0745. The number of aryl methyl sites for hydroxylation is 2. The molecule has 1 aliphatic heterocycles. The first-order valence-corrected chi connectivity index (χ1v) is 12.5. The van der Waals surface area contributed by atoms with Crippen LogP contribution in [0.1, 0.15) is 21.5 Å². The van der Waals surface area contributed by atoms with Crippen LogP contribution in [0.4, 0.5) is 11.5 Å². The Morgan fingerprint density at radius 1 is 0.970 bits per heavy atom. The zero-order valence-corrected chi connectivity index (χ0v) is 20.0. The number of pyridine rings is 1. The maximum absolute atomic E-state index is 13.3. The zero-order chi connectivity index (χ0) is 23.6. The molecule has 33 heavy (non-hydrogen) atoms. The number of halogens is 1. The van der Waals surface area contributed by atoms with Crippen molar-refractivity contribution in [1.29, 1.82) is 0 Å². The van der Waals surface area contributed by atoms with Gasteiger partial charge < -0.3 is 9.80 Å². The molecular formula is C24H25ClN4O3S. The van der Waals surface area contributed by atoms with Gasteiger partial charge in [0.1, 0.15) is 5.82 Å². The number of amides is 1. The van der Waals surface area contributed by atoms with Gasteiger partial charge in [-0.2, -0.15) is 0 Å². The summed E-state index contributed by atoms with van der Waals surface area (Å²) in [6.45, 7) is 5.80. The van der Waals surface area contributed by atoms with E-state index in [2.05, 4.69) is 9.71 Å². The molecule has 0 saturated carbocycles. The lowest BCUT2D eigenvalue weighted by Gasteiger charge is -2.36. The quantitative estimate of drug-likeness (QED) is 0.589. The molecule has 0 spiro atoms. The molecule has 1 amide bonds. The fourth-order valence-corrected chi connectivity index (χ4v) is 5.19. The highest BCUT2D eigenvalue weighted by atomic mass is 35.5. The van der Waals surface area contributed by atoms with Gasteiger partial charge >= 0.3 is 0 Å². The molecule has 3 aromatic rings. The number of carbonyl (C=O) groups is 1. The summed E-state index contributed by atoms with van der Waals surface area (Å²) in [4.78, 5) is 21.5. The van der Waals surface area contributed by atoms with Crippen molar-refractivity contribution in [2.45, 2.75) is 18.7 Å². The molecule has 7 nitrogen and oxygen atoms in total. The number of rotatable bonds is 5. The molecule has 0 atom stereocenters. The Bertz CT molecular complexity index is 1290. The van der Waals surface area contributed by atoms with E-state index in [1.54, 1.807) is 41.4 Å². The van der Waals surface area contributed by atoms with Gasteiger partial charge in [0.25, 0.3) is 15.9 Å². The molecule has 1 N–H and O–H groups in total. The van der Waals surface area contributed by atoms with Crippen molar-refractivity contribution in [3.63, 3.8) is 0 Å². The van der Waals surface area contributed by atoms with E-state index >= 15 is 0 Å². The average molecular weight is 485 g/mol. The molecule has 2 heterocycles. The van der Waals surface area contributed by atoms with Crippen LogP contribution < -0.4 is 9.62 Å². The van der Waals surface area contributed by atoms with Gasteiger partial charge in [-0.05, 0) is 55.3 Å². The van der Waals surface area contributed by atoms with Crippen molar-refractivity contribution < 1.29 is 13.2 Å². The van der Waals surface area contributed by atoms with Gasteiger partial charge in [-0.25, -0.2) is 13.4 Å². The molecule has 0 bridgehead atoms. The molecule has 9 heteroatoms. The van der Waals surface area contributed by atoms with Crippen LogP contribution in [0.3, 0.4) is 0 Å². The van der Waals surface area contributed by atoms with E-state index in [1.165, 1.54) is 12.1 Å². The van der Waals surface area contributed by atoms with Crippen molar-refractivity contribution in [1.82, 2.24) is 9.88 Å². The number of nitrogens with zero attached hydrogens (tertiary/aromatic N) is 3. The van der Waals surface area contributed by atoms with Gasteiger partial charge in [0, 0.05) is 37.9 Å². The molecule has 1 saturated heterocycles. The largest absolute Gasteiger partial charge is 0.352 e. The smallest absolute Gasteiger partial charge is 0.261 e. The predicted octanol–water partition coefficient (Wildman–Crippen LogP) is 4.12. The van der Waals surface area contributed by atoms with Crippen LogP contribution in [0.5, 0.6) is 0 Å². The highest BCUT2D eigenvalue weighted by molar-refractivity contribution is 7.92. The van der Waals surface area contributed by atoms with E-state index in [-0.39, 0.29) is 10.8 Å². The standard InChI is InChI=1S/C24H25ClN4O3S/c1-17-9-10-19(33(31,32)27-22-8-4-3-6-18(22)2)16-20(17)24(30)29-14-12-28(13-15-29)23-21(25)7-5-11-26-23/h3-11,16,27H,12-15H2,1-2H3. The fourth-order valence-electron chi connectivity index (χ4n) is 3.79. The Hall–Kier alpha value is -3.10. The summed E-state index contributed by atoms with van der Waals surface area (Å²) in [6, 6.07) is 15.4. The highest BCUT2D eigenvalue weighted by Crippen LogP contribution is 2.25. The van der Waals surface area contributed by atoms with Crippen LogP contribution >= 0.6 is 11.6 Å². The van der Waals surface area contributed by atoms with Crippen molar-refractivity contribution in [2.24, 2.45) is 0 Å². The van der Waals surface area contributed by atoms with Crippen molar-refractivity contribution in [3.05, 3.63) is 82.5 Å². The highest BCUT2D eigenvalue weighted by Gasteiger charge is 2.26. The number of nitrogens with one attached hydrogen (secondary N) is 1. The minimum absolute atomic E-state index is 0.0543. The maximum atomic E-state index is 13.3. The second kappa shape index (κ2) is 9.41. The molecule has 4 rings (SSSR count). The van der Waals surface area contributed by atoms with E-state index in [4.69, 9.17) is 11.6 Å². The van der Waals surface area contributed by atoms with Crippen LogP contribution in [-0.4, -0.2) is 50.4 Å². The molecular weight excluding hydrogens is 460 g/mol. The molecule has 1 aliphatic rings. The van der Waals surface area contributed by atoms with E-state index in [0.717, 1.165) is 11.1 Å². The van der Waals surface area contributed by atoms with Crippen molar-refractivity contribution in [3.8, 4) is 0 Å². The lowest BCUT2D eigenvalue weighted by atomic mass is 10.1. The molecule has 0 aliphatic carbocycles. The SMILES string of the molecule is Cc1ccccc1NS(=O)(=O)c1ccc(C)c(C(=O)N2CCN(c3ncccc3Cl)CC2)c1. The van der Waals surface area contributed by atoms with Gasteiger partial charge in [-0.3, -0.25) is 9.52 Å².